The van der Waals surface area contributed by atoms with Crippen LogP contribution in [0, 0.1) is 0 Å². The van der Waals surface area contributed by atoms with Gasteiger partial charge in [-0.3, -0.25) is 4.79 Å². The van der Waals surface area contributed by atoms with E-state index in [1.165, 1.54) is 10.8 Å². The Morgan fingerprint density at radius 1 is 1.00 bits per heavy atom. The van der Waals surface area contributed by atoms with Crippen molar-refractivity contribution in [3.8, 4) is 5.75 Å². The summed E-state index contributed by atoms with van der Waals surface area (Å²) < 4.78 is 6.83. The quantitative estimate of drug-likeness (QED) is 0.207. The van der Waals surface area contributed by atoms with E-state index in [0.29, 0.717) is 13.0 Å². The molecule has 4 aromatic carbocycles. The highest BCUT2D eigenvalue weighted by Gasteiger charge is 2.10. The second-order valence-electron chi connectivity index (χ2n) is 7.88. The third kappa shape index (κ3) is 6.31. The van der Waals surface area contributed by atoms with Crippen LogP contribution in [0.4, 0.5) is 0 Å². The van der Waals surface area contributed by atoms with E-state index >= 15 is 0 Å². The summed E-state index contributed by atoms with van der Waals surface area (Å²) in [6.45, 7) is 0.457. The Morgan fingerprint density at radius 3 is 2.59 bits per heavy atom. The van der Waals surface area contributed by atoms with Gasteiger partial charge in [-0.2, -0.15) is 5.10 Å². The maximum Gasteiger partial charge on any atom is 0.240 e. The summed E-state index contributed by atoms with van der Waals surface area (Å²) >= 11 is 3.55. The lowest BCUT2D eigenvalue weighted by atomic mass is 10.1. The van der Waals surface area contributed by atoms with Crippen LogP contribution in [0.15, 0.2) is 101 Å². The first-order valence-electron chi connectivity index (χ1n) is 11.0. The number of amides is 1. The fourth-order valence-electron chi connectivity index (χ4n) is 3.63. The van der Waals surface area contributed by atoms with Crippen molar-refractivity contribution in [2.24, 2.45) is 5.10 Å². The van der Waals surface area contributed by atoms with E-state index in [1.54, 1.807) is 6.21 Å². The van der Waals surface area contributed by atoms with Crippen molar-refractivity contribution in [2.75, 3.05) is 0 Å². The molecule has 4 aromatic rings. The van der Waals surface area contributed by atoms with Crippen molar-refractivity contribution in [2.45, 2.75) is 25.6 Å². The van der Waals surface area contributed by atoms with Crippen LogP contribution in [0.3, 0.4) is 0 Å². The first-order chi connectivity index (χ1) is 16.6. The molecular formula is C28H25BrN2O3. The molecule has 0 aliphatic rings. The van der Waals surface area contributed by atoms with Crippen LogP contribution in [0.1, 0.15) is 35.6 Å². The van der Waals surface area contributed by atoms with Gasteiger partial charge in [0.05, 0.1) is 16.8 Å². The molecule has 172 valence electrons. The van der Waals surface area contributed by atoms with Gasteiger partial charge in [0.2, 0.25) is 5.91 Å². The fourth-order valence-corrected chi connectivity index (χ4v) is 4.14. The lowest BCUT2D eigenvalue weighted by Crippen LogP contribution is -2.18. The number of nitrogens with one attached hydrogen (secondary N) is 1. The molecule has 1 unspecified atom stereocenters. The Kier molecular flexibility index (Phi) is 8.07. The molecule has 0 spiro atoms. The number of hydrazone groups is 1. The van der Waals surface area contributed by atoms with Crippen LogP contribution in [-0.2, 0) is 11.4 Å². The molecule has 0 bridgehead atoms. The first-order valence-corrected chi connectivity index (χ1v) is 11.8. The highest BCUT2D eigenvalue weighted by atomic mass is 79.9. The van der Waals surface area contributed by atoms with E-state index in [0.717, 1.165) is 26.9 Å². The van der Waals surface area contributed by atoms with Crippen molar-refractivity contribution >= 4 is 38.8 Å². The van der Waals surface area contributed by atoms with Gasteiger partial charge in [0.15, 0.2) is 0 Å². The smallest absolute Gasteiger partial charge is 0.240 e. The summed E-state index contributed by atoms with van der Waals surface area (Å²) in [5.41, 5.74) is 5.24. The molecule has 34 heavy (non-hydrogen) atoms. The second-order valence-corrected chi connectivity index (χ2v) is 8.73. The van der Waals surface area contributed by atoms with Crippen molar-refractivity contribution in [1.29, 1.82) is 0 Å². The van der Waals surface area contributed by atoms with E-state index < -0.39 is 6.10 Å². The molecule has 5 nitrogen and oxygen atoms in total. The molecular weight excluding hydrogens is 492 g/mol. The van der Waals surface area contributed by atoms with Crippen LogP contribution in [0.5, 0.6) is 5.75 Å². The third-order valence-electron chi connectivity index (χ3n) is 5.45. The molecule has 1 amide bonds. The first kappa shape index (κ1) is 23.7. The molecule has 0 heterocycles. The molecule has 0 saturated heterocycles. The van der Waals surface area contributed by atoms with E-state index in [9.17, 15) is 9.90 Å². The summed E-state index contributed by atoms with van der Waals surface area (Å²) in [7, 11) is 0. The minimum Gasteiger partial charge on any atom is -0.488 e. The molecule has 0 saturated carbocycles. The van der Waals surface area contributed by atoms with Crippen LogP contribution in [-0.4, -0.2) is 17.2 Å². The number of carbonyl (C=O) groups excluding carboxylic acids is 1. The lowest BCUT2D eigenvalue weighted by Gasteiger charge is -2.11. The molecule has 0 aliphatic carbocycles. The maximum atomic E-state index is 12.0. The van der Waals surface area contributed by atoms with Gasteiger partial charge in [0, 0.05) is 6.42 Å². The average Bonchev–Trinajstić information content (AvgIpc) is 2.87. The Hall–Kier alpha value is -3.48. The Bertz CT molecular complexity index is 1290. The Morgan fingerprint density at radius 2 is 1.76 bits per heavy atom. The third-order valence-corrected chi connectivity index (χ3v) is 6.07. The van der Waals surface area contributed by atoms with Crippen molar-refractivity contribution in [1.82, 2.24) is 5.43 Å². The number of benzene rings is 4. The summed E-state index contributed by atoms with van der Waals surface area (Å²) in [5.74, 6) is 0.476. The Balaban J connectivity index is 1.28. The van der Waals surface area contributed by atoms with Gasteiger partial charge in [-0.15, -0.1) is 0 Å². The van der Waals surface area contributed by atoms with Gasteiger partial charge in [-0.1, -0.05) is 72.8 Å². The maximum absolute atomic E-state index is 12.0. The summed E-state index contributed by atoms with van der Waals surface area (Å²) in [5, 5.41) is 16.5. The molecule has 0 aromatic heterocycles. The van der Waals surface area contributed by atoms with E-state index in [4.69, 9.17) is 4.74 Å². The predicted octanol–water partition coefficient (Wildman–Crippen LogP) is 6.15. The van der Waals surface area contributed by atoms with Crippen molar-refractivity contribution < 1.29 is 14.6 Å². The highest BCUT2D eigenvalue weighted by molar-refractivity contribution is 9.10. The van der Waals surface area contributed by atoms with Gasteiger partial charge in [-0.05, 0) is 68.0 Å². The standard InChI is InChI=1S/C28H25BrN2O3/c29-25-17-20(18-30-31-28(33)16-14-26(32)22-8-2-1-3-9-22)13-15-27(25)34-19-23-11-6-10-21-7-4-5-12-24(21)23/h1-13,15,17-18,26,32H,14,16,19H2,(H,31,33). The predicted molar refractivity (Wildman–Crippen MR) is 139 cm³/mol. The zero-order chi connectivity index (χ0) is 23.8. The van der Waals surface area contributed by atoms with E-state index in [-0.39, 0.29) is 12.3 Å². The highest BCUT2D eigenvalue weighted by Crippen LogP contribution is 2.27. The van der Waals surface area contributed by atoms with Gasteiger partial charge >= 0.3 is 0 Å². The number of fused-ring (bicyclic) bond motifs is 1. The molecule has 0 fully saturated rings. The minimum absolute atomic E-state index is 0.179. The molecule has 1 atom stereocenters. The fraction of sp³-hybridized carbons (Fsp3) is 0.143. The SMILES string of the molecule is O=C(CCC(O)c1ccccc1)NN=Cc1ccc(OCc2cccc3ccccc23)c(Br)c1. The molecule has 6 heteroatoms. The van der Waals surface area contributed by atoms with Crippen LogP contribution in [0.25, 0.3) is 10.8 Å². The summed E-state index contributed by atoms with van der Waals surface area (Å²) in [6, 6.07) is 29.4. The van der Waals surface area contributed by atoms with Crippen LogP contribution >= 0.6 is 15.9 Å². The lowest BCUT2D eigenvalue weighted by molar-refractivity contribution is -0.121. The number of carbonyl (C=O) groups is 1. The summed E-state index contributed by atoms with van der Waals surface area (Å²) in [6.07, 6.45) is 1.41. The number of rotatable bonds is 9. The second kappa shape index (κ2) is 11.6. The topological polar surface area (TPSA) is 70.9 Å². The number of halogens is 1. The number of aliphatic hydroxyl groups excluding tert-OH is 1. The molecule has 0 radical (unpaired) electrons. The molecule has 2 N–H and O–H groups in total. The molecule has 0 aliphatic heterocycles. The van der Waals surface area contributed by atoms with Crippen molar-refractivity contribution in [3.05, 3.63) is 112 Å². The number of hydrogen-bond donors (Lipinski definition) is 2. The zero-order valence-electron chi connectivity index (χ0n) is 18.5. The van der Waals surface area contributed by atoms with Gasteiger partial charge in [0.25, 0.3) is 0 Å². The monoisotopic (exact) mass is 516 g/mol. The number of nitrogens with zero attached hydrogens (tertiary/aromatic N) is 1. The van der Waals surface area contributed by atoms with Crippen molar-refractivity contribution in [3.63, 3.8) is 0 Å². The van der Waals surface area contributed by atoms with Crippen LogP contribution in [0.2, 0.25) is 0 Å². The van der Waals surface area contributed by atoms with E-state index in [1.807, 2.05) is 66.7 Å². The minimum atomic E-state index is -0.673. The van der Waals surface area contributed by atoms with Crippen LogP contribution < -0.4 is 10.2 Å². The molecule has 4 rings (SSSR count). The van der Waals surface area contributed by atoms with Gasteiger partial charge < -0.3 is 9.84 Å². The van der Waals surface area contributed by atoms with Gasteiger partial charge in [-0.25, -0.2) is 5.43 Å². The number of ether oxygens (including phenoxy) is 1. The summed E-state index contributed by atoms with van der Waals surface area (Å²) in [4.78, 5) is 12.0. The normalized spacial score (nSPS) is 12.1. The number of aliphatic hydroxyl groups is 1. The largest absolute Gasteiger partial charge is 0.488 e. The van der Waals surface area contributed by atoms with E-state index in [2.05, 4.69) is 50.7 Å². The average molecular weight is 517 g/mol. The Labute approximate surface area is 207 Å². The van der Waals surface area contributed by atoms with Gasteiger partial charge in [0.1, 0.15) is 12.4 Å². The zero-order valence-corrected chi connectivity index (χ0v) is 20.1. The number of hydrogen-bond acceptors (Lipinski definition) is 4.